The topological polar surface area (TPSA) is 61.1 Å². The van der Waals surface area contributed by atoms with Crippen molar-refractivity contribution in [3.05, 3.63) is 20.8 Å². The van der Waals surface area contributed by atoms with Crippen LogP contribution in [-0.4, -0.2) is 10.7 Å². The summed E-state index contributed by atoms with van der Waals surface area (Å²) in [6, 6.07) is 1.90. The largest absolute Gasteiger partial charge is 0.260 e. The van der Waals surface area contributed by atoms with Crippen LogP contribution in [0.4, 0.5) is 5.82 Å². The minimum Gasteiger partial charge on any atom is -0.260 e. The van der Waals surface area contributed by atoms with Crippen LogP contribution in [0.3, 0.4) is 0 Å². The summed E-state index contributed by atoms with van der Waals surface area (Å²) in [7, 11) is 0. The van der Waals surface area contributed by atoms with E-state index in [4.69, 9.17) is 40.1 Å². The number of aromatic nitrogens is 1. The summed E-state index contributed by atoms with van der Waals surface area (Å²) < 4.78 is 0. The van der Waals surface area contributed by atoms with Crippen molar-refractivity contribution >= 4 is 46.3 Å². The Morgan fingerprint density at radius 1 is 0.840 bits per heavy atom. The van der Waals surface area contributed by atoms with Gasteiger partial charge in [0, 0.05) is 5.71 Å². The lowest BCUT2D eigenvalue weighted by atomic mass is 10.00. The van der Waals surface area contributed by atoms with E-state index in [0.29, 0.717) is 0 Å². The van der Waals surface area contributed by atoms with Crippen LogP contribution in [0.5, 0.6) is 0 Å². The third-order valence-corrected chi connectivity index (χ3v) is 5.51. The van der Waals surface area contributed by atoms with E-state index < -0.39 is 0 Å². The molecule has 0 amide bonds. The van der Waals surface area contributed by atoms with E-state index in [0.717, 1.165) is 31.4 Å². The highest BCUT2D eigenvalue weighted by Gasteiger charge is 2.16. The third-order valence-electron chi connectivity index (χ3n) is 4.40. The van der Waals surface area contributed by atoms with Crippen LogP contribution in [0.15, 0.2) is 5.10 Å². The fraction of sp³-hybridized carbons (Fsp3) is 0.611. The Labute approximate surface area is 164 Å². The van der Waals surface area contributed by atoms with Crippen molar-refractivity contribution in [3.8, 4) is 6.07 Å². The van der Waals surface area contributed by atoms with Gasteiger partial charge in [-0.2, -0.15) is 10.4 Å². The molecule has 0 atom stereocenters. The van der Waals surface area contributed by atoms with Gasteiger partial charge >= 0.3 is 0 Å². The molecule has 0 bridgehead atoms. The molecular weight excluding hydrogens is 379 g/mol. The molecule has 4 nitrogen and oxygen atoms in total. The molecule has 0 aromatic carbocycles. The van der Waals surface area contributed by atoms with Gasteiger partial charge in [-0.05, 0) is 25.7 Å². The molecule has 0 radical (unpaired) electrons. The lowest BCUT2D eigenvalue weighted by Crippen LogP contribution is -2.05. The molecule has 0 aliphatic heterocycles. The van der Waals surface area contributed by atoms with Crippen molar-refractivity contribution in [2.75, 3.05) is 5.43 Å². The van der Waals surface area contributed by atoms with Crippen molar-refractivity contribution < 1.29 is 0 Å². The maximum absolute atomic E-state index is 9.03. The van der Waals surface area contributed by atoms with E-state index in [1.54, 1.807) is 0 Å². The fourth-order valence-corrected chi connectivity index (χ4v) is 3.61. The second-order valence-electron chi connectivity index (χ2n) is 6.34. The van der Waals surface area contributed by atoms with Crippen LogP contribution in [0.2, 0.25) is 15.2 Å². The van der Waals surface area contributed by atoms with Gasteiger partial charge in [0.2, 0.25) is 0 Å². The Morgan fingerprint density at radius 2 is 1.36 bits per heavy atom. The van der Waals surface area contributed by atoms with Crippen molar-refractivity contribution in [2.24, 2.45) is 5.10 Å². The van der Waals surface area contributed by atoms with E-state index in [1.807, 2.05) is 6.07 Å². The zero-order valence-electron chi connectivity index (χ0n) is 14.3. The number of nitriles is 1. The molecule has 0 saturated heterocycles. The van der Waals surface area contributed by atoms with Gasteiger partial charge in [-0.15, -0.1) is 0 Å². The average Bonchev–Trinajstić information content (AvgIpc) is 2.59. The molecule has 1 aromatic rings. The number of nitrogens with zero attached hydrogens (tertiary/aromatic N) is 3. The van der Waals surface area contributed by atoms with E-state index in [2.05, 4.69) is 15.5 Å². The molecule has 1 aliphatic carbocycles. The zero-order chi connectivity index (χ0) is 18.1. The van der Waals surface area contributed by atoms with Gasteiger partial charge in [0.25, 0.3) is 0 Å². The third kappa shape index (κ3) is 6.33. The maximum atomic E-state index is 9.03. The second kappa shape index (κ2) is 10.9. The quantitative estimate of drug-likeness (QED) is 0.429. The standard InChI is InChI=1S/C18H23Cl3N4/c19-15-14(12-22)17(21)23-18(16(15)20)25-24-13-10-8-6-4-2-1-3-5-7-9-11-13/h1-11H2,(H,23,25). The summed E-state index contributed by atoms with van der Waals surface area (Å²) in [6.45, 7) is 0. The van der Waals surface area contributed by atoms with E-state index in [-0.39, 0.29) is 26.6 Å². The Bertz CT molecular complexity index is 639. The average molecular weight is 402 g/mol. The van der Waals surface area contributed by atoms with Crippen molar-refractivity contribution in [1.29, 1.82) is 5.26 Å². The van der Waals surface area contributed by atoms with Crippen LogP contribution in [-0.2, 0) is 0 Å². The van der Waals surface area contributed by atoms with Gasteiger partial charge in [0.1, 0.15) is 16.7 Å². The summed E-state index contributed by atoms with van der Waals surface area (Å²) in [5.41, 5.74) is 4.10. The summed E-state index contributed by atoms with van der Waals surface area (Å²) in [5.74, 6) is 0.286. The van der Waals surface area contributed by atoms with Crippen LogP contribution >= 0.6 is 34.8 Å². The van der Waals surface area contributed by atoms with Crippen LogP contribution in [0.1, 0.15) is 76.2 Å². The number of hydrogen-bond donors (Lipinski definition) is 1. The predicted molar refractivity (Wildman–Crippen MR) is 106 cm³/mol. The number of rotatable bonds is 2. The highest BCUT2D eigenvalue weighted by Crippen LogP contribution is 2.34. The molecule has 0 unspecified atom stereocenters. The highest BCUT2D eigenvalue weighted by molar-refractivity contribution is 6.45. The van der Waals surface area contributed by atoms with E-state index in [1.165, 1.54) is 44.9 Å². The van der Waals surface area contributed by atoms with Crippen molar-refractivity contribution in [3.63, 3.8) is 0 Å². The minimum absolute atomic E-state index is 0.0262. The summed E-state index contributed by atoms with van der Waals surface area (Å²) >= 11 is 18.2. The highest BCUT2D eigenvalue weighted by atomic mass is 35.5. The Kier molecular flexibility index (Phi) is 8.81. The first-order chi connectivity index (χ1) is 12.1. The van der Waals surface area contributed by atoms with Gasteiger partial charge < -0.3 is 0 Å². The number of anilines is 1. The number of nitrogens with one attached hydrogen (secondary N) is 1. The number of hydrogen-bond acceptors (Lipinski definition) is 4. The number of pyridine rings is 1. The van der Waals surface area contributed by atoms with Gasteiger partial charge in [-0.3, -0.25) is 5.43 Å². The minimum atomic E-state index is 0.0262. The monoisotopic (exact) mass is 400 g/mol. The summed E-state index contributed by atoms with van der Waals surface area (Å²) in [4.78, 5) is 4.10. The molecule has 1 heterocycles. The smallest absolute Gasteiger partial charge is 0.168 e. The normalized spacial score (nSPS) is 17.1. The molecule has 1 fully saturated rings. The molecular formula is C18H23Cl3N4. The van der Waals surface area contributed by atoms with Gasteiger partial charge in [-0.1, -0.05) is 79.7 Å². The molecule has 1 N–H and O–H groups in total. The van der Waals surface area contributed by atoms with E-state index in [9.17, 15) is 0 Å². The van der Waals surface area contributed by atoms with Crippen LogP contribution in [0.25, 0.3) is 0 Å². The lowest BCUT2D eigenvalue weighted by Gasteiger charge is -2.11. The first-order valence-corrected chi connectivity index (χ1v) is 10.0. The van der Waals surface area contributed by atoms with E-state index >= 15 is 0 Å². The molecule has 25 heavy (non-hydrogen) atoms. The molecule has 136 valence electrons. The van der Waals surface area contributed by atoms with Gasteiger partial charge in [0.15, 0.2) is 11.0 Å². The molecule has 0 spiro atoms. The fourth-order valence-electron chi connectivity index (χ4n) is 2.94. The second-order valence-corrected chi connectivity index (χ2v) is 7.45. The lowest BCUT2D eigenvalue weighted by molar-refractivity contribution is 0.555. The maximum Gasteiger partial charge on any atom is 0.168 e. The SMILES string of the molecule is N#Cc1c(Cl)nc(NN=C2CCCCCCCCCCC2)c(Cl)c1Cl. The van der Waals surface area contributed by atoms with Gasteiger partial charge in [0.05, 0.1) is 5.02 Å². The Balaban J connectivity index is 2.08. The van der Waals surface area contributed by atoms with Crippen molar-refractivity contribution in [2.45, 2.75) is 70.6 Å². The first kappa shape index (κ1) is 20.3. The molecule has 1 saturated carbocycles. The number of halogens is 3. The van der Waals surface area contributed by atoms with Gasteiger partial charge in [-0.25, -0.2) is 4.98 Å². The summed E-state index contributed by atoms with van der Waals surface area (Å²) in [6.07, 6.45) is 13.4. The predicted octanol–water partition coefficient (Wildman–Crippen LogP) is 6.99. The zero-order valence-corrected chi connectivity index (χ0v) is 16.5. The van der Waals surface area contributed by atoms with Crippen LogP contribution < -0.4 is 5.43 Å². The molecule has 1 aliphatic rings. The van der Waals surface area contributed by atoms with Crippen LogP contribution in [0, 0.1) is 11.3 Å². The Hall–Kier alpha value is -1.02. The Morgan fingerprint density at radius 3 is 1.88 bits per heavy atom. The van der Waals surface area contributed by atoms with Crippen molar-refractivity contribution in [1.82, 2.24) is 4.98 Å². The summed E-state index contributed by atoms with van der Waals surface area (Å²) in [5, 5.41) is 13.8. The first-order valence-electron chi connectivity index (χ1n) is 8.89. The molecule has 7 heteroatoms. The molecule has 2 rings (SSSR count). The molecule has 1 aromatic heterocycles. The number of hydrazone groups is 1.